The lowest BCUT2D eigenvalue weighted by Gasteiger charge is -2.19. The van der Waals surface area contributed by atoms with Crippen LogP contribution < -0.4 is 16.0 Å². The van der Waals surface area contributed by atoms with Gasteiger partial charge in [0, 0.05) is 44.1 Å². The molecule has 0 aromatic heterocycles. The first-order chi connectivity index (χ1) is 19.7. The fraction of sp³-hybridized carbons (Fsp3) is 0.333. The Labute approximate surface area is 238 Å². The highest BCUT2D eigenvalue weighted by Gasteiger charge is 2.23. The zero-order valence-electron chi connectivity index (χ0n) is 22.9. The first-order valence-electron chi connectivity index (χ1n) is 13.4. The Morgan fingerprint density at radius 2 is 1.51 bits per heavy atom. The molecule has 0 saturated heterocycles. The molecule has 1 atom stereocenters. The number of carbonyl (C=O) groups is 6. The molecule has 5 amide bonds. The number of ether oxygens (including phenoxy) is 1. The second-order valence-electron chi connectivity index (χ2n) is 9.53. The number of esters is 1. The number of anilines is 1. The molecule has 0 bridgehead atoms. The smallest absolute Gasteiger partial charge is 0.302 e. The largest absolute Gasteiger partial charge is 0.461 e. The van der Waals surface area contributed by atoms with Crippen molar-refractivity contribution in [2.45, 2.75) is 51.7 Å². The van der Waals surface area contributed by atoms with Crippen molar-refractivity contribution in [1.82, 2.24) is 15.5 Å². The third kappa shape index (κ3) is 10.7. The minimum Gasteiger partial charge on any atom is -0.461 e. The van der Waals surface area contributed by atoms with E-state index in [1.54, 1.807) is 24.3 Å². The lowest BCUT2D eigenvalue weighted by Crippen LogP contribution is -2.49. The molecule has 11 heteroatoms. The van der Waals surface area contributed by atoms with Crippen LogP contribution in [0.1, 0.15) is 43.7 Å². The summed E-state index contributed by atoms with van der Waals surface area (Å²) >= 11 is 0. The molecule has 1 aliphatic heterocycles. The molecule has 0 aliphatic carbocycles. The van der Waals surface area contributed by atoms with Crippen molar-refractivity contribution in [3.8, 4) is 0 Å². The maximum atomic E-state index is 13.0. The molecule has 2 aromatic rings. The van der Waals surface area contributed by atoms with Crippen molar-refractivity contribution < 1.29 is 33.5 Å². The lowest BCUT2D eigenvalue weighted by molar-refractivity contribution is -0.142. The number of hydrogen-bond acceptors (Lipinski definition) is 7. The van der Waals surface area contributed by atoms with E-state index >= 15 is 0 Å². The minimum absolute atomic E-state index is 0.131. The van der Waals surface area contributed by atoms with Gasteiger partial charge in [0.1, 0.15) is 12.6 Å². The number of rotatable bonds is 15. The van der Waals surface area contributed by atoms with Crippen molar-refractivity contribution in [3.63, 3.8) is 0 Å². The van der Waals surface area contributed by atoms with Gasteiger partial charge in [-0.25, -0.2) is 0 Å². The molecule has 0 radical (unpaired) electrons. The molecular weight excluding hydrogens is 528 g/mol. The summed E-state index contributed by atoms with van der Waals surface area (Å²) in [4.78, 5) is 73.4. The van der Waals surface area contributed by atoms with Gasteiger partial charge in [-0.3, -0.25) is 33.7 Å². The van der Waals surface area contributed by atoms with Gasteiger partial charge in [-0.2, -0.15) is 0 Å². The predicted octanol–water partition coefficient (Wildman–Crippen LogP) is 2.02. The average molecular weight is 563 g/mol. The van der Waals surface area contributed by atoms with Crippen molar-refractivity contribution in [2.75, 3.05) is 18.4 Å². The number of nitrogens with zero attached hydrogens (tertiary/aromatic N) is 1. The second-order valence-corrected chi connectivity index (χ2v) is 9.53. The Morgan fingerprint density at radius 3 is 2.17 bits per heavy atom. The van der Waals surface area contributed by atoms with Crippen LogP contribution in [0.2, 0.25) is 0 Å². The van der Waals surface area contributed by atoms with E-state index in [1.807, 2.05) is 30.3 Å². The fourth-order valence-corrected chi connectivity index (χ4v) is 4.07. The Kier molecular flexibility index (Phi) is 11.8. The van der Waals surface area contributed by atoms with Crippen LogP contribution in [0.4, 0.5) is 5.69 Å². The molecule has 0 saturated carbocycles. The van der Waals surface area contributed by atoms with Gasteiger partial charge in [0.2, 0.25) is 17.7 Å². The van der Waals surface area contributed by atoms with Gasteiger partial charge in [0.15, 0.2) is 0 Å². The summed E-state index contributed by atoms with van der Waals surface area (Å²) < 4.78 is 4.93. The van der Waals surface area contributed by atoms with Gasteiger partial charge in [-0.05, 0) is 36.1 Å². The standard InChI is InChI=1S/C30H34N4O7/c1-21(35)41-20-23-11-13-24(14-12-23)32-27(37)19-31-30(40)25(18-22-8-4-2-5-9-22)33-26(36)10-6-3-7-17-34-28(38)15-16-29(34)39/h2,4-5,8-9,11-16,25H,3,6-7,10,17-20H2,1H3,(H,31,40)(H,32,37)(H,33,36)/t25-/m0/s1. The number of nitrogens with one attached hydrogen (secondary N) is 3. The summed E-state index contributed by atoms with van der Waals surface area (Å²) in [6, 6.07) is 15.1. The number of amides is 5. The molecule has 0 fully saturated rings. The summed E-state index contributed by atoms with van der Waals surface area (Å²) in [6.45, 7) is 1.46. The van der Waals surface area contributed by atoms with E-state index in [9.17, 15) is 28.8 Å². The van der Waals surface area contributed by atoms with Crippen molar-refractivity contribution >= 4 is 41.2 Å². The highest BCUT2D eigenvalue weighted by molar-refractivity contribution is 6.12. The van der Waals surface area contributed by atoms with Crippen LogP contribution in [0.25, 0.3) is 0 Å². The third-order valence-corrected chi connectivity index (χ3v) is 6.22. The maximum Gasteiger partial charge on any atom is 0.302 e. The molecule has 3 rings (SSSR count). The summed E-state index contributed by atoms with van der Waals surface area (Å²) in [5.74, 6) is -2.29. The topological polar surface area (TPSA) is 151 Å². The highest BCUT2D eigenvalue weighted by atomic mass is 16.5. The van der Waals surface area contributed by atoms with Gasteiger partial charge < -0.3 is 20.7 Å². The van der Waals surface area contributed by atoms with E-state index in [-0.39, 0.29) is 49.7 Å². The van der Waals surface area contributed by atoms with Crippen LogP contribution >= 0.6 is 0 Å². The minimum atomic E-state index is -0.885. The third-order valence-electron chi connectivity index (χ3n) is 6.22. The zero-order valence-corrected chi connectivity index (χ0v) is 22.9. The fourth-order valence-electron chi connectivity index (χ4n) is 4.07. The number of benzene rings is 2. The van der Waals surface area contributed by atoms with Gasteiger partial charge in [-0.1, -0.05) is 48.9 Å². The molecule has 1 aliphatic rings. The van der Waals surface area contributed by atoms with Crippen molar-refractivity contribution in [2.24, 2.45) is 0 Å². The number of hydrogen-bond donors (Lipinski definition) is 3. The van der Waals surface area contributed by atoms with E-state index in [0.29, 0.717) is 31.5 Å². The summed E-state index contributed by atoms with van der Waals surface area (Å²) in [5, 5.41) is 8.04. The lowest BCUT2D eigenvalue weighted by atomic mass is 10.0. The maximum absolute atomic E-state index is 13.0. The van der Waals surface area contributed by atoms with Crippen LogP contribution in [-0.2, 0) is 46.5 Å². The normalized spacial score (nSPS) is 13.0. The van der Waals surface area contributed by atoms with E-state index in [1.165, 1.54) is 19.1 Å². The van der Waals surface area contributed by atoms with Crippen LogP contribution in [0.3, 0.4) is 0 Å². The number of carbonyl (C=O) groups excluding carboxylic acids is 6. The Morgan fingerprint density at radius 1 is 0.829 bits per heavy atom. The van der Waals surface area contributed by atoms with Gasteiger partial charge >= 0.3 is 5.97 Å². The quantitative estimate of drug-likeness (QED) is 0.171. The molecule has 0 unspecified atom stereocenters. The van der Waals surface area contributed by atoms with Gasteiger partial charge in [-0.15, -0.1) is 0 Å². The van der Waals surface area contributed by atoms with Crippen molar-refractivity contribution in [3.05, 3.63) is 77.9 Å². The zero-order chi connectivity index (χ0) is 29.6. The Hall–Kier alpha value is -4.80. The summed E-state index contributed by atoms with van der Waals surface area (Å²) in [7, 11) is 0. The van der Waals surface area contributed by atoms with Crippen LogP contribution in [-0.4, -0.2) is 59.5 Å². The molecule has 2 aromatic carbocycles. The van der Waals surface area contributed by atoms with E-state index in [0.717, 1.165) is 16.0 Å². The first kappa shape index (κ1) is 30.7. The SMILES string of the molecule is CC(=O)OCc1ccc(NC(=O)CNC(=O)[C@H](Cc2ccccc2)NC(=O)CCCCCN2C(=O)C=CC2=O)cc1. The van der Waals surface area contributed by atoms with E-state index < -0.39 is 17.9 Å². The monoisotopic (exact) mass is 562 g/mol. The summed E-state index contributed by atoms with van der Waals surface area (Å²) in [5.41, 5.74) is 2.12. The first-order valence-corrected chi connectivity index (χ1v) is 13.4. The van der Waals surface area contributed by atoms with Crippen LogP contribution in [0.5, 0.6) is 0 Å². The van der Waals surface area contributed by atoms with Crippen LogP contribution in [0, 0.1) is 0 Å². The highest BCUT2D eigenvalue weighted by Crippen LogP contribution is 2.11. The van der Waals surface area contributed by atoms with Crippen molar-refractivity contribution in [1.29, 1.82) is 0 Å². The molecule has 41 heavy (non-hydrogen) atoms. The van der Waals surface area contributed by atoms with Crippen LogP contribution in [0.15, 0.2) is 66.7 Å². The Balaban J connectivity index is 1.45. The molecule has 0 spiro atoms. The molecule has 1 heterocycles. The molecule has 216 valence electrons. The second kappa shape index (κ2) is 15.7. The van der Waals surface area contributed by atoms with E-state index in [2.05, 4.69) is 16.0 Å². The average Bonchev–Trinajstić information content (AvgIpc) is 3.27. The predicted molar refractivity (Wildman–Crippen MR) is 150 cm³/mol. The number of imide groups is 1. The molecule has 11 nitrogen and oxygen atoms in total. The van der Waals surface area contributed by atoms with E-state index in [4.69, 9.17) is 4.74 Å². The van der Waals surface area contributed by atoms with Gasteiger partial charge in [0.05, 0.1) is 6.54 Å². The molecule has 3 N–H and O–H groups in total. The Bertz CT molecular complexity index is 1260. The molecular formula is C30H34N4O7. The number of unbranched alkanes of at least 4 members (excludes halogenated alkanes) is 2. The van der Waals surface area contributed by atoms with Gasteiger partial charge in [0.25, 0.3) is 11.8 Å². The summed E-state index contributed by atoms with van der Waals surface area (Å²) in [6.07, 6.45) is 4.63.